The average Bonchev–Trinajstić information content (AvgIpc) is 3.17. The van der Waals surface area contributed by atoms with Crippen LogP contribution in [0, 0.1) is 31.6 Å². The summed E-state index contributed by atoms with van der Waals surface area (Å²) in [5, 5.41) is 42.7. The van der Waals surface area contributed by atoms with Crippen LogP contribution in [0.4, 0.5) is 11.4 Å². The van der Waals surface area contributed by atoms with Crippen molar-refractivity contribution < 1.29 is 15.0 Å². The van der Waals surface area contributed by atoms with Gasteiger partial charge in [-0.25, -0.2) is 4.98 Å². The summed E-state index contributed by atoms with van der Waals surface area (Å²) < 4.78 is 1.81. The van der Waals surface area contributed by atoms with Crippen molar-refractivity contribution in [3.63, 3.8) is 0 Å². The fourth-order valence-corrected chi connectivity index (χ4v) is 3.49. The predicted octanol–water partition coefficient (Wildman–Crippen LogP) is 4.67. The van der Waals surface area contributed by atoms with Crippen molar-refractivity contribution in [2.75, 3.05) is 0 Å². The van der Waals surface area contributed by atoms with Crippen LogP contribution in [0.1, 0.15) is 17.0 Å². The summed E-state index contributed by atoms with van der Waals surface area (Å²) in [6, 6.07) is 20.4. The third-order valence-corrected chi connectivity index (χ3v) is 5.01. The van der Waals surface area contributed by atoms with Gasteiger partial charge in [-0.3, -0.25) is 20.2 Å². The van der Waals surface area contributed by atoms with Gasteiger partial charge in [0.05, 0.1) is 32.5 Å². The minimum absolute atomic E-state index is 0.0211. The number of hydrogen-bond acceptors (Lipinski definition) is 7. The van der Waals surface area contributed by atoms with Gasteiger partial charge < -0.3 is 9.67 Å². The first-order chi connectivity index (χ1) is 15.9. The Morgan fingerprint density at radius 2 is 1.76 bits per heavy atom. The fraction of sp³-hybridized carbons (Fsp3) is 0.0435. The van der Waals surface area contributed by atoms with E-state index in [1.54, 1.807) is 12.1 Å². The Bertz CT molecular complexity index is 1470. The highest BCUT2D eigenvalue weighted by molar-refractivity contribution is 5.92. The molecular formula is C23H15N5O5. The molecule has 0 radical (unpaired) electrons. The van der Waals surface area contributed by atoms with Crippen LogP contribution in [-0.2, 0) is 6.54 Å². The van der Waals surface area contributed by atoms with Gasteiger partial charge in [0.2, 0.25) is 5.75 Å². The van der Waals surface area contributed by atoms with Gasteiger partial charge in [-0.15, -0.1) is 0 Å². The van der Waals surface area contributed by atoms with E-state index in [-0.39, 0.29) is 17.0 Å². The van der Waals surface area contributed by atoms with Crippen LogP contribution in [0.25, 0.3) is 22.7 Å². The molecule has 4 rings (SSSR count). The average molecular weight is 441 g/mol. The van der Waals surface area contributed by atoms with Crippen LogP contribution < -0.4 is 0 Å². The van der Waals surface area contributed by atoms with Gasteiger partial charge in [0.25, 0.3) is 5.69 Å². The Balaban J connectivity index is 1.93. The highest BCUT2D eigenvalue weighted by atomic mass is 16.6. The lowest BCUT2D eigenvalue weighted by Gasteiger charge is -2.09. The maximum Gasteiger partial charge on any atom is 0.318 e. The molecule has 10 heteroatoms. The molecule has 4 aromatic rings. The number of aromatic hydroxyl groups is 1. The van der Waals surface area contributed by atoms with Crippen LogP contribution >= 0.6 is 0 Å². The van der Waals surface area contributed by atoms with Gasteiger partial charge in [0.1, 0.15) is 6.07 Å². The molecule has 0 amide bonds. The molecule has 0 spiro atoms. The topological polar surface area (TPSA) is 148 Å². The second-order valence-corrected chi connectivity index (χ2v) is 7.08. The Kier molecular flexibility index (Phi) is 5.53. The van der Waals surface area contributed by atoms with E-state index < -0.39 is 27.0 Å². The summed E-state index contributed by atoms with van der Waals surface area (Å²) in [4.78, 5) is 25.3. The van der Waals surface area contributed by atoms with Crippen molar-refractivity contribution in [3.8, 4) is 11.8 Å². The molecule has 0 atom stereocenters. The molecule has 3 aromatic carbocycles. The number of nitriles is 1. The maximum atomic E-state index is 11.3. The zero-order valence-electron chi connectivity index (χ0n) is 17.0. The maximum absolute atomic E-state index is 11.3. The lowest BCUT2D eigenvalue weighted by molar-refractivity contribution is -0.394. The third kappa shape index (κ3) is 4.11. The fourth-order valence-electron chi connectivity index (χ4n) is 3.49. The Hall–Kier alpha value is -5.04. The molecule has 0 aliphatic rings. The van der Waals surface area contributed by atoms with Gasteiger partial charge >= 0.3 is 5.69 Å². The van der Waals surface area contributed by atoms with E-state index in [0.717, 1.165) is 23.2 Å². The van der Waals surface area contributed by atoms with Gasteiger partial charge in [-0.2, -0.15) is 5.26 Å². The molecule has 33 heavy (non-hydrogen) atoms. The number of non-ortho nitro benzene ring substituents is 1. The van der Waals surface area contributed by atoms with Gasteiger partial charge in [0.15, 0.2) is 5.82 Å². The number of imidazole rings is 1. The number of rotatable bonds is 6. The van der Waals surface area contributed by atoms with Crippen molar-refractivity contribution in [2.24, 2.45) is 0 Å². The second kappa shape index (κ2) is 8.60. The van der Waals surface area contributed by atoms with Gasteiger partial charge in [0, 0.05) is 18.2 Å². The van der Waals surface area contributed by atoms with E-state index in [0.29, 0.717) is 18.1 Å². The highest BCUT2D eigenvalue weighted by Crippen LogP contribution is 2.36. The number of phenols is 1. The van der Waals surface area contributed by atoms with E-state index in [1.807, 2.05) is 53.1 Å². The smallest absolute Gasteiger partial charge is 0.318 e. The van der Waals surface area contributed by atoms with E-state index in [1.165, 1.54) is 0 Å². The molecule has 0 fully saturated rings. The van der Waals surface area contributed by atoms with Crippen LogP contribution in [0.15, 0.2) is 66.7 Å². The molecule has 1 N–H and O–H groups in total. The standard InChI is InChI=1S/C23H15N5O5/c24-13-17(10-16-11-18(27(30)31)12-21(22(16)29)28(32)33)23-25-19-8-4-5-9-20(19)26(23)14-15-6-2-1-3-7-15/h1-12,29H,14H2/b17-10+. The number of nitro benzene ring substituents is 2. The van der Waals surface area contributed by atoms with Crippen LogP contribution in [-0.4, -0.2) is 24.5 Å². The summed E-state index contributed by atoms with van der Waals surface area (Å²) in [5.41, 5.74) is 0.669. The molecule has 1 heterocycles. The molecule has 0 unspecified atom stereocenters. The largest absolute Gasteiger partial charge is 0.502 e. The SMILES string of the molecule is N#C/C(=C\c1cc([N+](=O)[O-])cc([N+](=O)[O-])c1O)c1nc2ccccc2n1Cc1ccccc1. The summed E-state index contributed by atoms with van der Waals surface area (Å²) in [7, 11) is 0. The first-order valence-electron chi connectivity index (χ1n) is 9.66. The number of hydrogen-bond donors (Lipinski definition) is 1. The van der Waals surface area contributed by atoms with E-state index in [9.17, 15) is 30.6 Å². The normalized spacial score (nSPS) is 11.3. The van der Waals surface area contributed by atoms with Gasteiger partial charge in [-0.05, 0) is 23.8 Å². The monoisotopic (exact) mass is 441 g/mol. The number of benzene rings is 3. The minimum Gasteiger partial charge on any atom is -0.502 e. The van der Waals surface area contributed by atoms with Crippen molar-refractivity contribution in [3.05, 3.63) is 104 Å². The van der Waals surface area contributed by atoms with Crippen molar-refractivity contribution in [1.29, 1.82) is 5.26 Å². The number of nitrogens with zero attached hydrogens (tertiary/aromatic N) is 5. The zero-order valence-corrected chi connectivity index (χ0v) is 17.0. The molecule has 0 aliphatic heterocycles. The number of allylic oxidation sites excluding steroid dienone is 1. The second-order valence-electron chi connectivity index (χ2n) is 7.08. The molecule has 1 aromatic heterocycles. The minimum atomic E-state index is -0.920. The van der Waals surface area contributed by atoms with E-state index >= 15 is 0 Å². The molecule has 0 aliphatic carbocycles. The molecule has 0 saturated heterocycles. The predicted molar refractivity (Wildman–Crippen MR) is 120 cm³/mol. The first kappa shape index (κ1) is 21.2. The summed E-state index contributed by atoms with van der Waals surface area (Å²) in [6.45, 7) is 0.386. The summed E-state index contributed by atoms with van der Waals surface area (Å²) in [5.74, 6) is -0.514. The number of phenolic OH excluding ortho intramolecular Hbond substituents is 1. The molecule has 0 bridgehead atoms. The number of para-hydroxylation sites is 2. The zero-order chi connectivity index (χ0) is 23.5. The molecular weight excluding hydrogens is 426 g/mol. The quantitative estimate of drug-likeness (QED) is 0.260. The van der Waals surface area contributed by atoms with Crippen LogP contribution in [0.3, 0.4) is 0 Å². The number of fused-ring (bicyclic) bond motifs is 1. The highest BCUT2D eigenvalue weighted by Gasteiger charge is 2.24. The van der Waals surface area contributed by atoms with Crippen LogP contribution in [0.5, 0.6) is 5.75 Å². The van der Waals surface area contributed by atoms with E-state index in [4.69, 9.17) is 0 Å². The van der Waals surface area contributed by atoms with Gasteiger partial charge in [-0.1, -0.05) is 42.5 Å². The first-order valence-corrected chi connectivity index (χ1v) is 9.66. The summed E-state index contributed by atoms with van der Waals surface area (Å²) in [6.07, 6.45) is 1.16. The van der Waals surface area contributed by atoms with Crippen molar-refractivity contribution in [1.82, 2.24) is 9.55 Å². The Morgan fingerprint density at radius 1 is 1.06 bits per heavy atom. The Labute approximate surface area is 186 Å². The van der Waals surface area contributed by atoms with Crippen molar-refractivity contribution >= 4 is 34.1 Å². The molecule has 10 nitrogen and oxygen atoms in total. The van der Waals surface area contributed by atoms with Crippen LogP contribution in [0.2, 0.25) is 0 Å². The summed E-state index contributed by atoms with van der Waals surface area (Å²) >= 11 is 0. The Morgan fingerprint density at radius 3 is 2.42 bits per heavy atom. The number of aromatic nitrogens is 2. The lowest BCUT2D eigenvalue weighted by atomic mass is 10.1. The lowest BCUT2D eigenvalue weighted by Crippen LogP contribution is -2.04. The number of nitro groups is 2. The third-order valence-electron chi connectivity index (χ3n) is 5.01. The van der Waals surface area contributed by atoms with E-state index in [2.05, 4.69) is 4.98 Å². The van der Waals surface area contributed by atoms with Crippen molar-refractivity contribution in [2.45, 2.75) is 6.54 Å². The molecule has 162 valence electrons. The molecule has 0 saturated carbocycles.